The molecule has 1 aliphatic carbocycles. The normalized spacial score (nSPS) is 15.7. The third kappa shape index (κ3) is 4.57. The summed E-state index contributed by atoms with van der Waals surface area (Å²) in [5, 5.41) is 1.97. The first-order valence-corrected chi connectivity index (χ1v) is 13.0. The van der Waals surface area contributed by atoms with Crippen molar-refractivity contribution >= 4 is 40.2 Å². The summed E-state index contributed by atoms with van der Waals surface area (Å²) in [6, 6.07) is 25.9. The number of fused-ring (bicyclic) bond motifs is 3. The van der Waals surface area contributed by atoms with E-state index in [2.05, 4.69) is 82.7 Å². The fourth-order valence-electron chi connectivity index (χ4n) is 5.63. The summed E-state index contributed by atoms with van der Waals surface area (Å²) < 4.78 is 0. The average molecular weight is 477 g/mol. The van der Waals surface area contributed by atoms with Crippen molar-refractivity contribution < 1.29 is 0 Å². The van der Waals surface area contributed by atoms with Crippen LogP contribution in [0.5, 0.6) is 0 Å². The van der Waals surface area contributed by atoms with Crippen LogP contribution in [0.3, 0.4) is 0 Å². The minimum atomic E-state index is 0.745. The van der Waals surface area contributed by atoms with E-state index in [1.54, 1.807) is 5.57 Å². The Kier molecular flexibility index (Phi) is 6.24. The number of halogens is 1. The second-order valence-electron chi connectivity index (χ2n) is 9.56. The molecule has 2 nitrogen and oxygen atoms in total. The number of piperidine rings is 1. The van der Waals surface area contributed by atoms with Crippen LogP contribution in [-0.2, 0) is 6.42 Å². The molecule has 0 amide bonds. The molecule has 6 rings (SSSR count). The van der Waals surface area contributed by atoms with Crippen molar-refractivity contribution in [3.05, 3.63) is 117 Å². The molecule has 35 heavy (non-hydrogen) atoms. The van der Waals surface area contributed by atoms with Crippen molar-refractivity contribution in [2.45, 2.75) is 25.7 Å². The van der Waals surface area contributed by atoms with Gasteiger partial charge in [0.25, 0.3) is 0 Å². The highest BCUT2D eigenvalue weighted by atomic mass is 35.5. The molecule has 3 aromatic carbocycles. The number of hydrogen-bond acceptors (Lipinski definition) is 2. The molecular weight excluding hydrogens is 448 g/mol. The topological polar surface area (TPSA) is 16.1 Å². The number of nitrogens with zero attached hydrogens (tertiary/aromatic N) is 2. The van der Waals surface area contributed by atoms with Crippen LogP contribution in [0.15, 0.2) is 84.6 Å². The largest absolute Gasteiger partial charge is 0.303 e. The lowest BCUT2D eigenvalue weighted by Crippen LogP contribution is -2.32. The van der Waals surface area contributed by atoms with Gasteiger partial charge in [-0.2, -0.15) is 0 Å². The van der Waals surface area contributed by atoms with Crippen LogP contribution in [0.1, 0.15) is 47.1 Å². The molecule has 0 saturated carbocycles. The number of rotatable bonds is 4. The highest BCUT2D eigenvalue weighted by Gasteiger charge is 2.22. The van der Waals surface area contributed by atoms with Gasteiger partial charge in [0, 0.05) is 29.7 Å². The van der Waals surface area contributed by atoms with Gasteiger partial charge < -0.3 is 4.90 Å². The van der Waals surface area contributed by atoms with Crippen LogP contribution < -0.4 is 0 Å². The number of aryl methyl sites for hydroxylation is 1. The van der Waals surface area contributed by atoms with E-state index in [1.165, 1.54) is 38.8 Å². The van der Waals surface area contributed by atoms with E-state index in [1.807, 2.05) is 18.3 Å². The maximum Gasteiger partial charge on any atom is 0.0719 e. The lowest BCUT2D eigenvalue weighted by atomic mass is 9.86. The second-order valence-corrected chi connectivity index (χ2v) is 10.00. The predicted octanol–water partition coefficient (Wildman–Crippen LogP) is 7.90. The van der Waals surface area contributed by atoms with E-state index in [-0.39, 0.29) is 0 Å². The predicted molar refractivity (Wildman–Crippen MR) is 149 cm³/mol. The van der Waals surface area contributed by atoms with Crippen molar-refractivity contribution in [2.75, 3.05) is 19.6 Å². The van der Waals surface area contributed by atoms with Crippen molar-refractivity contribution in [2.24, 2.45) is 0 Å². The fourth-order valence-corrected chi connectivity index (χ4v) is 5.80. The van der Waals surface area contributed by atoms with Crippen molar-refractivity contribution in [1.29, 1.82) is 0 Å². The zero-order valence-corrected chi connectivity index (χ0v) is 20.6. The van der Waals surface area contributed by atoms with Crippen LogP contribution in [0.4, 0.5) is 0 Å². The summed E-state index contributed by atoms with van der Waals surface area (Å²) in [6.45, 7) is 3.39. The van der Waals surface area contributed by atoms with Gasteiger partial charge in [0.15, 0.2) is 0 Å². The Balaban J connectivity index is 1.17. The molecule has 174 valence electrons. The minimum absolute atomic E-state index is 0.745. The molecule has 1 aromatic heterocycles. The average Bonchev–Trinajstić information content (AvgIpc) is 3.06. The Morgan fingerprint density at radius 2 is 1.49 bits per heavy atom. The summed E-state index contributed by atoms with van der Waals surface area (Å²) in [5.41, 5.74) is 10.8. The van der Waals surface area contributed by atoms with Crippen LogP contribution >= 0.6 is 11.6 Å². The summed E-state index contributed by atoms with van der Waals surface area (Å²) in [6.07, 6.45) is 10.9. The van der Waals surface area contributed by atoms with Crippen molar-refractivity contribution in [1.82, 2.24) is 9.88 Å². The Morgan fingerprint density at radius 3 is 2.20 bits per heavy atom. The molecule has 4 aromatic rings. The number of aromatic nitrogens is 1. The molecule has 0 unspecified atom stereocenters. The number of benzene rings is 3. The number of pyridine rings is 1. The molecule has 0 spiro atoms. The van der Waals surface area contributed by atoms with Crippen molar-refractivity contribution in [3.63, 3.8) is 0 Å². The van der Waals surface area contributed by atoms with E-state index in [0.717, 1.165) is 55.9 Å². The molecular formula is C32H29ClN2. The standard InChI is InChI=1S/C32H29ClN2/c33-27-13-14-28-25(15-18-34-31(28)22-27)8-5-19-35-20-16-26(17-21-35)32-29-9-3-1-6-23(29)11-12-24-7-2-4-10-30(24)32/h1-4,6-7,9-15,18,22H,5,8,16-17,19-21H2. The van der Waals surface area contributed by atoms with Gasteiger partial charge in [-0.15, -0.1) is 0 Å². The highest BCUT2D eigenvalue weighted by molar-refractivity contribution is 6.31. The van der Waals surface area contributed by atoms with Crippen LogP contribution in [0.25, 0.3) is 28.6 Å². The zero-order chi connectivity index (χ0) is 23.6. The van der Waals surface area contributed by atoms with E-state index in [0.29, 0.717) is 0 Å². The first kappa shape index (κ1) is 22.3. The van der Waals surface area contributed by atoms with Gasteiger partial charge in [0.05, 0.1) is 5.52 Å². The first-order valence-electron chi connectivity index (χ1n) is 12.6. The Morgan fingerprint density at radius 1 is 0.800 bits per heavy atom. The van der Waals surface area contributed by atoms with Gasteiger partial charge in [-0.3, -0.25) is 4.98 Å². The minimum Gasteiger partial charge on any atom is -0.303 e. The van der Waals surface area contributed by atoms with Crippen molar-refractivity contribution in [3.8, 4) is 0 Å². The monoisotopic (exact) mass is 476 g/mol. The summed E-state index contributed by atoms with van der Waals surface area (Å²) in [4.78, 5) is 7.12. The molecule has 2 heterocycles. The first-order chi connectivity index (χ1) is 17.3. The molecule has 0 radical (unpaired) electrons. The van der Waals surface area contributed by atoms with Crippen LogP contribution in [0, 0.1) is 0 Å². The molecule has 0 atom stereocenters. The molecule has 3 heteroatoms. The maximum atomic E-state index is 6.16. The van der Waals surface area contributed by atoms with Gasteiger partial charge in [-0.25, -0.2) is 0 Å². The van der Waals surface area contributed by atoms with Gasteiger partial charge in [0.2, 0.25) is 0 Å². The zero-order valence-electron chi connectivity index (χ0n) is 19.9. The Hall–Kier alpha value is -3.20. The SMILES string of the molecule is Clc1ccc2c(CCCN3CCC(=C4c5ccccc5C=Cc5ccccc54)CC3)ccnc2c1. The van der Waals surface area contributed by atoms with E-state index < -0.39 is 0 Å². The van der Waals surface area contributed by atoms with Gasteiger partial charge in [0.1, 0.15) is 0 Å². The third-order valence-electron chi connectivity index (χ3n) is 7.43. The molecule has 1 aliphatic heterocycles. The summed E-state index contributed by atoms with van der Waals surface area (Å²) >= 11 is 6.16. The summed E-state index contributed by atoms with van der Waals surface area (Å²) in [7, 11) is 0. The lowest BCUT2D eigenvalue weighted by Gasteiger charge is -2.30. The second kappa shape index (κ2) is 9.81. The number of likely N-dealkylation sites (tertiary alicyclic amines) is 1. The summed E-state index contributed by atoms with van der Waals surface area (Å²) in [5.74, 6) is 0. The molecule has 2 aliphatic rings. The maximum absolute atomic E-state index is 6.16. The van der Waals surface area contributed by atoms with E-state index >= 15 is 0 Å². The fraction of sp³-hybridized carbons (Fsp3) is 0.219. The Labute approximate surface area is 212 Å². The third-order valence-corrected chi connectivity index (χ3v) is 7.67. The van der Waals surface area contributed by atoms with Crippen LogP contribution in [0.2, 0.25) is 5.02 Å². The van der Waals surface area contributed by atoms with Gasteiger partial charge in [-0.1, -0.05) is 83.9 Å². The lowest BCUT2D eigenvalue weighted by molar-refractivity contribution is 0.254. The molecule has 0 bridgehead atoms. The van der Waals surface area contributed by atoms with E-state index in [9.17, 15) is 0 Å². The van der Waals surface area contributed by atoms with Gasteiger partial charge in [-0.05, 0) is 83.8 Å². The van der Waals surface area contributed by atoms with Crippen LogP contribution in [-0.4, -0.2) is 29.5 Å². The molecule has 1 fully saturated rings. The quantitative estimate of drug-likeness (QED) is 0.262. The van der Waals surface area contributed by atoms with Gasteiger partial charge >= 0.3 is 0 Å². The number of hydrogen-bond donors (Lipinski definition) is 0. The highest BCUT2D eigenvalue weighted by Crippen LogP contribution is 2.38. The van der Waals surface area contributed by atoms with E-state index in [4.69, 9.17) is 11.6 Å². The molecule has 1 saturated heterocycles. The molecule has 0 N–H and O–H groups in total. The Bertz CT molecular complexity index is 1390. The smallest absolute Gasteiger partial charge is 0.0719 e.